The van der Waals surface area contributed by atoms with E-state index in [0.717, 1.165) is 31.7 Å². The summed E-state index contributed by atoms with van der Waals surface area (Å²) in [5, 5.41) is 19.8. The van der Waals surface area contributed by atoms with Crippen LogP contribution >= 0.6 is 0 Å². The van der Waals surface area contributed by atoms with E-state index in [1.165, 1.54) is 11.6 Å². The van der Waals surface area contributed by atoms with Gasteiger partial charge in [0.2, 0.25) is 0 Å². The summed E-state index contributed by atoms with van der Waals surface area (Å²) in [4.78, 5) is 2.10. The van der Waals surface area contributed by atoms with E-state index >= 15 is 0 Å². The third-order valence-electron chi connectivity index (χ3n) is 3.79. The van der Waals surface area contributed by atoms with Crippen molar-refractivity contribution >= 4 is 5.69 Å². The van der Waals surface area contributed by atoms with Crippen molar-refractivity contribution in [2.24, 2.45) is 0 Å². The van der Waals surface area contributed by atoms with Crippen LogP contribution in [-0.2, 0) is 6.42 Å². The Balaban J connectivity index is 2.05. The summed E-state index contributed by atoms with van der Waals surface area (Å²) in [6.07, 6.45) is 2.00. The summed E-state index contributed by atoms with van der Waals surface area (Å²) >= 11 is 0. The van der Waals surface area contributed by atoms with Gasteiger partial charge in [-0.3, -0.25) is 0 Å². The molecule has 0 spiro atoms. The van der Waals surface area contributed by atoms with Crippen LogP contribution in [0, 0.1) is 0 Å². The molecule has 0 aliphatic rings. The number of phenolic OH excluding ortho intramolecular Hbond substituents is 2. The van der Waals surface area contributed by atoms with Crippen molar-refractivity contribution in [2.75, 3.05) is 18.0 Å². The molecule has 0 atom stereocenters. The zero-order valence-corrected chi connectivity index (χ0v) is 14.7. The lowest BCUT2D eigenvalue weighted by atomic mass is 10.1. The van der Waals surface area contributed by atoms with Gasteiger partial charge in [0.25, 0.3) is 0 Å². The predicted octanol–water partition coefficient (Wildman–Crippen LogP) is 4.34. The fourth-order valence-corrected chi connectivity index (χ4v) is 2.67. The van der Waals surface area contributed by atoms with Crippen LogP contribution in [0.5, 0.6) is 17.2 Å². The molecular weight excluding hydrogens is 302 g/mol. The van der Waals surface area contributed by atoms with E-state index in [0.29, 0.717) is 5.69 Å². The van der Waals surface area contributed by atoms with Crippen molar-refractivity contribution in [1.82, 2.24) is 0 Å². The first kappa shape index (κ1) is 18.0. The predicted molar refractivity (Wildman–Crippen MR) is 98.2 cm³/mol. The maximum atomic E-state index is 10.1. The van der Waals surface area contributed by atoms with Gasteiger partial charge in [0.1, 0.15) is 5.75 Å². The van der Waals surface area contributed by atoms with Crippen LogP contribution in [0.3, 0.4) is 0 Å². The molecule has 24 heavy (non-hydrogen) atoms. The second kappa shape index (κ2) is 8.48. The van der Waals surface area contributed by atoms with Crippen molar-refractivity contribution < 1.29 is 14.9 Å². The molecule has 2 aromatic carbocycles. The Morgan fingerprint density at radius 2 is 1.71 bits per heavy atom. The van der Waals surface area contributed by atoms with E-state index in [1.807, 2.05) is 32.0 Å². The van der Waals surface area contributed by atoms with Gasteiger partial charge >= 0.3 is 0 Å². The molecule has 0 amide bonds. The van der Waals surface area contributed by atoms with Crippen molar-refractivity contribution in [1.29, 1.82) is 0 Å². The van der Waals surface area contributed by atoms with Gasteiger partial charge in [0.15, 0.2) is 11.5 Å². The molecule has 0 heterocycles. The molecule has 0 aliphatic carbocycles. The summed E-state index contributed by atoms with van der Waals surface area (Å²) in [6, 6.07) is 13.2. The summed E-state index contributed by atoms with van der Waals surface area (Å²) in [5.41, 5.74) is 1.89. The molecule has 130 valence electrons. The topological polar surface area (TPSA) is 52.9 Å². The molecule has 0 unspecified atom stereocenters. The molecule has 4 heteroatoms. The minimum atomic E-state index is -0.0798. The number of hydrogen-bond donors (Lipinski definition) is 2. The fraction of sp³-hybridized carbons (Fsp3) is 0.400. The number of aromatic hydroxyl groups is 2. The quantitative estimate of drug-likeness (QED) is 0.707. The zero-order chi connectivity index (χ0) is 17.5. The van der Waals surface area contributed by atoms with Crippen molar-refractivity contribution in [3.63, 3.8) is 0 Å². The van der Waals surface area contributed by atoms with Gasteiger partial charge in [-0.15, -0.1) is 0 Å². The lowest BCUT2D eigenvalue weighted by Gasteiger charge is -2.25. The number of rotatable bonds is 8. The Labute approximate surface area is 144 Å². The largest absolute Gasteiger partial charge is 0.504 e. The number of phenols is 2. The molecule has 0 bridgehead atoms. The molecule has 0 radical (unpaired) electrons. The average Bonchev–Trinajstić information content (AvgIpc) is 2.55. The van der Waals surface area contributed by atoms with Crippen LogP contribution in [-0.4, -0.2) is 29.4 Å². The Morgan fingerprint density at radius 3 is 2.33 bits per heavy atom. The Hall–Kier alpha value is -2.36. The number of nitrogens with zero attached hydrogens (tertiary/aromatic N) is 1. The van der Waals surface area contributed by atoms with Crippen LogP contribution in [0.25, 0.3) is 0 Å². The van der Waals surface area contributed by atoms with Gasteiger partial charge in [0, 0.05) is 13.1 Å². The van der Waals surface area contributed by atoms with Crippen LogP contribution in [0.4, 0.5) is 5.69 Å². The average molecular weight is 329 g/mol. The maximum absolute atomic E-state index is 10.1. The first-order chi connectivity index (χ1) is 11.5. The van der Waals surface area contributed by atoms with Crippen LogP contribution < -0.4 is 9.64 Å². The second-order valence-corrected chi connectivity index (χ2v) is 6.19. The third kappa shape index (κ3) is 4.82. The number of ether oxygens (including phenoxy) is 1. The molecule has 0 saturated carbocycles. The summed E-state index contributed by atoms with van der Waals surface area (Å²) in [7, 11) is 0. The van der Waals surface area contributed by atoms with Crippen molar-refractivity contribution in [3.05, 3.63) is 48.0 Å². The monoisotopic (exact) mass is 329 g/mol. The molecule has 4 nitrogen and oxygen atoms in total. The van der Waals surface area contributed by atoms with E-state index in [9.17, 15) is 10.2 Å². The van der Waals surface area contributed by atoms with E-state index < -0.39 is 0 Å². The molecule has 2 N–H and O–H groups in total. The second-order valence-electron chi connectivity index (χ2n) is 6.19. The minimum absolute atomic E-state index is 0.0494. The highest BCUT2D eigenvalue weighted by Crippen LogP contribution is 2.35. The molecule has 0 aliphatic heterocycles. The summed E-state index contributed by atoms with van der Waals surface area (Å²) < 4.78 is 5.66. The molecule has 0 fully saturated rings. The molecule has 0 aromatic heterocycles. The van der Waals surface area contributed by atoms with Crippen molar-refractivity contribution in [3.8, 4) is 17.2 Å². The normalized spacial score (nSPS) is 10.8. The zero-order valence-electron chi connectivity index (χ0n) is 14.7. The molecule has 2 rings (SSSR count). The van der Waals surface area contributed by atoms with Crippen molar-refractivity contribution in [2.45, 2.75) is 39.7 Å². The number of benzene rings is 2. The van der Waals surface area contributed by atoms with E-state index in [1.54, 1.807) is 6.07 Å². The van der Waals surface area contributed by atoms with Gasteiger partial charge in [-0.2, -0.15) is 0 Å². The summed E-state index contributed by atoms with van der Waals surface area (Å²) in [6.45, 7) is 7.72. The fourth-order valence-electron chi connectivity index (χ4n) is 2.67. The maximum Gasteiger partial charge on any atom is 0.181 e. The van der Waals surface area contributed by atoms with Gasteiger partial charge in [0.05, 0.1) is 11.8 Å². The van der Waals surface area contributed by atoms with Gasteiger partial charge in [-0.05, 0) is 56.5 Å². The summed E-state index contributed by atoms with van der Waals surface area (Å²) in [5.74, 6) is 0.750. The van der Waals surface area contributed by atoms with Crippen LogP contribution in [0.15, 0.2) is 42.5 Å². The molecule has 2 aromatic rings. The SMILES string of the molecule is CCCN(CCc1ccc(OC(C)C)cc1)c1cccc(O)c1O. The lowest BCUT2D eigenvalue weighted by Crippen LogP contribution is -2.26. The van der Waals surface area contributed by atoms with Gasteiger partial charge in [-0.25, -0.2) is 0 Å². The Kier molecular flexibility index (Phi) is 6.36. The standard InChI is InChI=1S/C20H27NO3/c1-4-13-21(18-6-5-7-19(22)20(18)23)14-12-16-8-10-17(11-9-16)24-15(2)3/h5-11,15,22-23H,4,12-14H2,1-3H3. The smallest absolute Gasteiger partial charge is 0.181 e. The molecular formula is C20H27NO3. The Bertz CT molecular complexity index is 638. The third-order valence-corrected chi connectivity index (χ3v) is 3.79. The van der Waals surface area contributed by atoms with Gasteiger partial charge < -0.3 is 19.8 Å². The number of anilines is 1. The van der Waals surface area contributed by atoms with Crippen LogP contribution in [0.1, 0.15) is 32.8 Å². The molecule has 0 saturated heterocycles. The van der Waals surface area contributed by atoms with E-state index in [-0.39, 0.29) is 17.6 Å². The number of para-hydroxylation sites is 1. The Morgan fingerprint density at radius 1 is 1.00 bits per heavy atom. The number of hydrogen-bond acceptors (Lipinski definition) is 4. The van der Waals surface area contributed by atoms with Crippen LogP contribution in [0.2, 0.25) is 0 Å². The first-order valence-corrected chi connectivity index (χ1v) is 8.52. The minimum Gasteiger partial charge on any atom is -0.504 e. The highest BCUT2D eigenvalue weighted by Gasteiger charge is 2.13. The lowest BCUT2D eigenvalue weighted by molar-refractivity contribution is 0.242. The van der Waals surface area contributed by atoms with E-state index in [4.69, 9.17) is 4.74 Å². The highest BCUT2D eigenvalue weighted by molar-refractivity contribution is 5.63. The first-order valence-electron chi connectivity index (χ1n) is 8.52. The van der Waals surface area contributed by atoms with Gasteiger partial charge in [-0.1, -0.05) is 25.1 Å². The highest BCUT2D eigenvalue weighted by atomic mass is 16.5. The van der Waals surface area contributed by atoms with E-state index in [2.05, 4.69) is 24.0 Å².